The summed E-state index contributed by atoms with van der Waals surface area (Å²) in [6.07, 6.45) is 4.73. The lowest BCUT2D eigenvalue weighted by molar-refractivity contribution is 0.0794. The molecule has 0 atom stereocenters. The molecular weight excluding hydrogens is 235 g/mol. The quantitative estimate of drug-likeness (QED) is 0.725. The number of hydrogen-bond acceptors (Lipinski definition) is 2. The summed E-state index contributed by atoms with van der Waals surface area (Å²) in [7, 11) is 1.90. The molecule has 0 aliphatic carbocycles. The molecule has 0 spiro atoms. The highest BCUT2D eigenvalue weighted by atomic mass is 16.2. The molecule has 0 aromatic heterocycles. The van der Waals surface area contributed by atoms with Crippen molar-refractivity contribution in [2.45, 2.75) is 32.3 Å². The topological polar surface area (TPSA) is 32.3 Å². The predicted molar refractivity (Wildman–Crippen MR) is 82.4 cm³/mol. The smallest absolute Gasteiger partial charge is 0.255 e. The Hall–Kier alpha value is -1.45. The molecular formula is C15H23BN2O. The van der Waals surface area contributed by atoms with E-state index in [1.54, 1.807) is 0 Å². The maximum absolute atomic E-state index is 12.4. The molecule has 4 heteroatoms. The lowest BCUT2D eigenvalue weighted by Crippen LogP contribution is -2.29. The first-order chi connectivity index (χ1) is 9.18. The minimum Gasteiger partial charge on any atom is -0.385 e. The van der Waals surface area contributed by atoms with E-state index in [0.29, 0.717) is 0 Å². The fourth-order valence-corrected chi connectivity index (χ4v) is 2.57. The van der Waals surface area contributed by atoms with Gasteiger partial charge in [-0.3, -0.25) is 4.79 Å². The van der Waals surface area contributed by atoms with Crippen molar-refractivity contribution in [2.75, 3.05) is 25.5 Å². The van der Waals surface area contributed by atoms with E-state index < -0.39 is 0 Å². The Morgan fingerprint density at radius 1 is 1.21 bits per heavy atom. The van der Waals surface area contributed by atoms with E-state index in [1.165, 1.54) is 19.1 Å². The van der Waals surface area contributed by atoms with Crippen molar-refractivity contribution in [3.8, 4) is 0 Å². The molecule has 1 N–H and O–H groups in total. The Kier molecular flexibility index (Phi) is 4.89. The van der Waals surface area contributed by atoms with Crippen molar-refractivity contribution in [1.29, 1.82) is 0 Å². The number of rotatable bonds is 0. The number of nitrogens with one attached hydrogen (secondary N) is 1. The molecule has 1 amide bonds. The van der Waals surface area contributed by atoms with Gasteiger partial charge in [0.2, 0.25) is 0 Å². The highest BCUT2D eigenvalue weighted by Crippen LogP contribution is 2.18. The molecule has 0 unspecified atom stereocenters. The molecule has 1 aromatic rings. The molecule has 1 aromatic carbocycles. The summed E-state index contributed by atoms with van der Waals surface area (Å²) in [5.74, 6) is 0.122. The second kappa shape index (κ2) is 6.64. The SMILES string of the molecule is CB1CCCCN(C)C(=O)c2ccccc2NCC1. The van der Waals surface area contributed by atoms with E-state index in [0.717, 1.165) is 37.5 Å². The van der Waals surface area contributed by atoms with Crippen LogP contribution in [-0.2, 0) is 0 Å². The summed E-state index contributed by atoms with van der Waals surface area (Å²) >= 11 is 0. The Morgan fingerprint density at radius 3 is 2.84 bits per heavy atom. The van der Waals surface area contributed by atoms with Crippen molar-refractivity contribution in [1.82, 2.24) is 4.90 Å². The molecule has 0 bridgehead atoms. The summed E-state index contributed by atoms with van der Waals surface area (Å²) in [5, 5.41) is 3.41. The summed E-state index contributed by atoms with van der Waals surface area (Å²) in [4.78, 5) is 14.2. The lowest BCUT2D eigenvalue weighted by Gasteiger charge is -2.21. The van der Waals surface area contributed by atoms with E-state index in [2.05, 4.69) is 12.1 Å². The minimum atomic E-state index is 0.122. The molecule has 1 heterocycles. The molecule has 1 aliphatic heterocycles. The third kappa shape index (κ3) is 3.76. The molecule has 0 radical (unpaired) electrons. The molecule has 3 nitrogen and oxygen atoms in total. The van der Waals surface area contributed by atoms with Crippen LogP contribution in [0.1, 0.15) is 23.2 Å². The number of nitrogens with zero attached hydrogens (tertiary/aromatic N) is 1. The van der Waals surface area contributed by atoms with Gasteiger partial charge in [-0.15, -0.1) is 0 Å². The second-order valence-electron chi connectivity index (χ2n) is 5.59. The average Bonchev–Trinajstić information content (AvgIpc) is 2.42. The highest BCUT2D eigenvalue weighted by molar-refractivity contribution is 6.57. The number of carbonyl (C=O) groups excluding carboxylic acids is 1. The van der Waals surface area contributed by atoms with Gasteiger partial charge < -0.3 is 10.2 Å². The number of amides is 1. The zero-order valence-corrected chi connectivity index (χ0v) is 12.0. The summed E-state index contributed by atoms with van der Waals surface area (Å²) in [5.41, 5.74) is 1.75. The summed E-state index contributed by atoms with van der Waals surface area (Å²) in [6.45, 7) is 4.85. The van der Waals surface area contributed by atoms with Gasteiger partial charge in [0, 0.05) is 25.8 Å². The normalized spacial score (nSPS) is 18.1. The van der Waals surface area contributed by atoms with Gasteiger partial charge >= 0.3 is 0 Å². The summed E-state index contributed by atoms with van der Waals surface area (Å²) < 4.78 is 0. The Balaban J connectivity index is 2.19. The first kappa shape index (κ1) is 14.0. The van der Waals surface area contributed by atoms with Gasteiger partial charge in [-0.25, -0.2) is 0 Å². The lowest BCUT2D eigenvalue weighted by atomic mass is 9.46. The van der Waals surface area contributed by atoms with Gasteiger partial charge in [-0.1, -0.05) is 38.0 Å². The van der Waals surface area contributed by atoms with Crippen molar-refractivity contribution in [2.24, 2.45) is 0 Å². The van der Waals surface area contributed by atoms with Crippen molar-refractivity contribution in [3.63, 3.8) is 0 Å². The molecule has 2 rings (SSSR count). The summed E-state index contributed by atoms with van der Waals surface area (Å²) in [6, 6.07) is 7.82. The predicted octanol–water partition coefficient (Wildman–Crippen LogP) is 3.09. The van der Waals surface area contributed by atoms with Crippen molar-refractivity contribution >= 4 is 18.3 Å². The zero-order valence-electron chi connectivity index (χ0n) is 12.0. The molecule has 19 heavy (non-hydrogen) atoms. The number of benzene rings is 1. The van der Waals surface area contributed by atoms with Crippen molar-refractivity contribution < 1.29 is 4.79 Å². The maximum atomic E-state index is 12.4. The van der Waals surface area contributed by atoms with Gasteiger partial charge in [-0.2, -0.15) is 0 Å². The molecule has 102 valence electrons. The number of fused-ring (bicyclic) bond motifs is 1. The second-order valence-corrected chi connectivity index (χ2v) is 5.59. The van der Waals surface area contributed by atoms with E-state index >= 15 is 0 Å². The Morgan fingerprint density at radius 2 is 2.00 bits per heavy atom. The van der Waals surface area contributed by atoms with Crippen LogP contribution >= 0.6 is 0 Å². The molecule has 0 saturated carbocycles. The maximum Gasteiger partial charge on any atom is 0.255 e. The van der Waals surface area contributed by atoms with Crippen molar-refractivity contribution in [3.05, 3.63) is 29.8 Å². The van der Waals surface area contributed by atoms with Crippen LogP contribution < -0.4 is 5.32 Å². The van der Waals surface area contributed by atoms with E-state index in [-0.39, 0.29) is 5.91 Å². The van der Waals surface area contributed by atoms with Crippen LogP contribution in [0.2, 0.25) is 19.5 Å². The van der Waals surface area contributed by atoms with Crippen LogP contribution in [0.25, 0.3) is 0 Å². The number of anilines is 1. The van der Waals surface area contributed by atoms with Crippen LogP contribution in [0.3, 0.4) is 0 Å². The third-order valence-corrected chi connectivity index (χ3v) is 3.90. The van der Waals surface area contributed by atoms with Gasteiger partial charge in [0.1, 0.15) is 6.71 Å². The first-order valence-corrected chi connectivity index (χ1v) is 7.27. The van der Waals surface area contributed by atoms with Crippen LogP contribution in [0.5, 0.6) is 0 Å². The van der Waals surface area contributed by atoms with Crippen LogP contribution in [0, 0.1) is 0 Å². The molecule has 1 aliphatic rings. The zero-order chi connectivity index (χ0) is 13.7. The standard InChI is InChI=1S/C15H23BN2O/c1-16-9-5-6-12-18(2)15(19)13-7-3-4-8-14(13)17-11-10-16/h3-4,7-8,17H,5-6,9-12H2,1-2H3. The van der Waals surface area contributed by atoms with Gasteiger partial charge in [0.05, 0.1) is 5.56 Å². The Labute approximate surface area is 116 Å². The van der Waals surface area contributed by atoms with Gasteiger partial charge in [0.25, 0.3) is 5.91 Å². The fourth-order valence-electron chi connectivity index (χ4n) is 2.57. The number of carbonyl (C=O) groups is 1. The Bertz CT molecular complexity index is 436. The number of para-hydroxylation sites is 1. The highest BCUT2D eigenvalue weighted by Gasteiger charge is 2.16. The van der Waals surface area contributed by atoms with E-state index in [1.807, 2.05) is 36.2 Å². The minimum absolute atomic E-state index is 0.122. The van der Waals surface area contributed by atoms with Crippen LogP contribution in [0.4, 0.5) is 5.69 Å². The van der Waals surface area contributed by atoms with Gasteiger partial charge in [-0.05, 0) is 18.6 Å². The average molecular weight is 258 g/mol. The number of hydrogen-bond donors (Lipinski definition) is 1. The molecule has 0 saturated heterocycles. The third-order valence-electron chi connectivity index (χ3n) is 3.90. The first-order valence-electron chi connectivity index (χ1n) is 7.27. The fraction of sp³-hybridized carbons (Fsp3) is 0.533. The monoisotopic (exact) mass is 258 g/mol. The van der Waals surface area contributed by atoms with E-state index in [4.69, 9.17) is 0 Å². The largest absolute Gasteiger partial charge is 0.385 e. The molecule has 0 fully saturated rings. The van der Waals surface area contributed by atoms with Crippen LogP contribution in [-0.4, -0.2) is 37.7 Å². The van der Waals surface area contributed by atoms with Crippen LogP contribution in [0.15, 0.2) is 24.3 Å². The van der Waals surface area contributed by atoms with E-state index in [9.17, 15) is 4.79 Å². The van der Waals surface area contributed by atoms with Gasteiger partial charge in [0.15, 0.2) is 0 Å².